The number of nitrogen functional groups attached to an aromatic ring is 1. The first kappa shape index (κ1) is 18.5. The minimum atomic E-state index is -0.0501. The summed E-state index contributed by atoms with van der Waals surface area (Å²) in [5, 5.41) is 3.01. The minimum Gasteiger partial charge on any atom is -0.399 e. The van der Waals surface area contributed by atoms with E-state index in [0.29, 0.717) is 18.7 Å². The molecule has 0 saturated heterocycles. The van der Waals surface area contributed by atoms with Crippen LogP contribution in [-0.2, 0) is 6.54 Å². The SMILES string of the molecule is Cc1cccc(C(=O)NCCN(Cc2ccccc2)c2cccc(N)c2)c1. The molecular formula is C23H25N3O. The summed E-state index contributed by atoms with van der Waals surface area (Å²) in [5.74, 6) is -0.0501. The molecule has 0 atom stereocenters. The van der Waals surface area contributed by atoms with Crippen LogP contribution in [0, 0.1) is 6.92 Å². The second-order valence-corrected chi connectivity index (χ2v) is 6.63. The van der Waals surface area contributed by atoms with Crippen LogP contribution in [0.2, 0.25) is 0 Å². The summed E-state index contributed by atoms with van der Waals surface area (Å²) in [6.07, 6.45) is 0. The molecule has 0 radical (unpaired) electrons. The van der Waals surface area contributed by atoms with Crippen molar-refractivity contribution >= 4 is 17.3 Å². The Balaban J connectivity index is 1.67. The van der Waals surface area contributed by atoms with Crippen LogP contribution in [0.25, 0.3) is 0 Å². The second-order valence-electron chi connectivity index (χ2n) is 6.63. The van der Waals surface area contributed by atoms with E-state index in [1.807, 2.05) is 73.7 Å². The first-order chi connectivity index (χ1) is 13.1. The van der Waals surface area contributed by atoms with Gasteiger partial charge in [-0.1, -0.05) is 54.1 Å². The molecule has 138 valence electrons. The number of aryl methyl sites for hydroxylation is 1. The van der Waals surface area contributed by atoms with Gasteiger partial charge in [0.1, 0.15) is 0 Å². The highest BCUT2D eigenvalue weighted by atomic mass is 16.1. The molecule has 0 bridgehead atoms. The maximum absolute atomic E-state index is 12.4. The smallest absolute Gasteiger partial charge is 0.251 e. The summed E-state index contributed by atoms with van der Waals surface area (Å²) >= 11 is 0. The van der Waals surface area contributed by atoms with E-state index in [0.717, 1.165) is 23.5 Å². The molecule has 0 aliphatic heterocycles. The van der Waals surface area contributed by atoms with E-state index in [-0.39, 0.29) is 5.91 Å². The Morgan fingerprint density at radius 3 is 2.48 bits per heavy atom. The van der Waals surface area contributed by atoms with Gasteiger partial charge in [0.2, 0.25) is 0 Å². The zero-order valence-electron chi connectivity index (χ0n) is 15.6. The first-order valence-corrected chi connectivity index (χ1v) is 9.11. The van der Waals surface area contributed by atoms with Crippen molar-refractivity contribution in [3.8, 4) is 0 Å². The zero-order chi connectivity index (χ0) is 19.1. The van der Waals surface area contributed by atoms with Crippen molar-refractivity contribution in [2.75, 3.05) is 23.7 Å². The Morgan fingerprint density at radius 2 is 1.74 bits per heavy atom. The quantitative estimate of drug-likeness (QED) is 0.627. The topological polar surface area (TPSA) is 58.4 Å². The highest BCUT2D eigenvalue weighted by Crippen LogP contribution is 2.19. The molecule has 3 aromatic rings. The molecule has 3 N–H and O–H groups in total. The maximum atomic E-state index is 12.4. The number of nitrogens with zero attached hydrogens (tertiary/aromatic N) is 1. The summed E-state index contributed by atoms with van der Waals surface area (Å²) < 4.78 is 0. The third kappa shape index (κ3) is 5.35. The van der Waals surface area contributed by atoms with Gasteiger partial charge in [-0.3, -0.25) is 4.79 Å². The summed E-state index contributed by atoms with van der Waals surface area (Å²) in [4.78, 5) is 14.6. The molecule has 0 aromatic heterocycles. The van der Waals surface area contributed by atoms with Gasteiger partial charge in [-0.05, 0) is 42.8 Å². The van der Waals surface area contributed by atoms with E-state index in [4.69, 9.17) is 5.73 Å². The largest absolute Gasteiger partial charge is 0.399 e. The lowest BCUT2D eigenvalue weighted by Gasteiger charge is -2.25. The lowest BCUT2D eigenvalue weighted by atomic mass is 10.1. The molecule has 0 aliphatic rings. The molecule has 1 amide bonds. The van der Waals surface area contributed by atoms with Crippen molar-refractivity contribution in [1.29, 1.82) is 0 Å². The van der Waals surface area contributed by atoms with E-state index in [1.54, 1.807) is 0 Å². The minimum absolute atomic E-state index is 0.0501. The van der Waals surface area contributed by atoms with Gasteiger partial charge >= 0.3 is 0 Å². The van der Waals surface area contributed by atoms with Crippen molar-refractivity contribution in [1.82, 2.24) is 5.32 Å². The average molecular weight is 359 g/mol. The number of nitrogens with one attached hydrogen (secondary N) is 1. The number of anilines is 2. The number of benzene rings is 3. The normalized spacial score (nSPS) is 10.4. The van der Waals surface area contributed by atoms with Crippen LogP contribution in [0.15, 0.2) is 78.9 Å². The summed E-state index contributed by atoms with van der Waals surface area (Å²) in [6.45, 7) is 3.98. The van der Waals surface area contributed by atoms with Crippen LogP contribution in [0.4, 0.5) is 11.4 Å². The number of rotatable bonds is 7. The molecule has 0 aliphatic carbocycles. The lowest BCUT2D eigenvalue weighted by molar-refractivity contribution is 0.0954. The van der Waals surface area contributed by atoms with Gasteiger partial charge < -0.3 is 16.0 Å². The number of hydrogen-bond donors (Lipinski definition) is 2. The number of nitrogens with two attached hydrogens (primary N) is 1. The standard InChI is InChI=1S/C23H25N3O/c1-18-7-5-10-20(15-18)23(27)25-13-14-26(17-19-8-3-2-4-9-19)22-12-6-11-21(24)16-22/h2-12,15-16H,13-14,17,24H2,1H3,(H,25,27). The van der Waals surface area contributed by atoms with Crippen molar-refractivity contribution < 1.29 is 4.79 Å². The maximum Gasteiger partial charge on any atom is 0.251 e. The monoisotopic (exact) mass is 359 g/mol. The molecule has 0 heterocycles. The van der Waals surface area contributed by atoms with Gasteiger partial charge in [-0.25, -0.2) is 0 Å². The Hall–Kier alpha value is -3.27. The summed E-state index contributed by atoms with van der Waals surface area (Å²) in [5.41, 5.74) is 10.7. The molecule has 0 fully saturated rings. The van der Waals surface area contributed by atoms with Crippen molar-refractivity contribution in [3.05, 3.63) is 95.6 Å². The number of carbonyl (C=O) groups excluding carboxylic acids is 1. The number of carbonyl (C=O) groups is 1. The van der Waals surface area contributed by atoms with Crippen molar-refractivity contribution in [2.24, 2.45) is 0 Å². The number of amides is 1. The Morgan fingerprint density at radius 1 is 0.963 bits per heavy atom. The molecule has 4 heteroatoms. The highest BCUT2D eigenvalue weighted by Gasteiger charge is 2.10. The van der Waals surface area contributed by atoms with Gasteiger partial charge in [0.25, 0.3) is 5.91 Å². The van der Waals surface area contributed by atoms with Crippen molar-refractivity contribution in [3.63, 3.8) is 0 Å². The fraction of sp³-hybridized carbons (Fsp3) is 0.174. The Labute approximate surface area is 160 Å². The molecule has 3 aromatic carbocycles. The van der Waals surface area contributed by atoms with Crippen molar-refractivity contribution in [2.45, 2.75) is 13.5 Å². The lowest BCUT2D eigenvalue weighted by Crippen LogP contribution is -2.34. The third-order valence-electron chi connectivity index (χ3n) is 4.40. The predicted octanol–water partition coefficient (Wildman–Crippen LogP) is 4.01. The third-order valence-corrected chi connectivity index (χ3v) is 4.40. The fourth-order valence-electron chi connectivity index (χ4n) is 3.02. The second kappa shape index (κ2) is 8.90. The summed E-state index contributed by atoms with van der Waals surface area (Å²) in [6, 6.07) is 25.7. The van der Waals surface area contributed by atoms with Gasteiger partial charge in [0.05, 0.1) is 0 Å². The molecular weight excluding hydrogens is 334 g/mol. The molecule has 0 spiro atoms. The van der Waals surface area contributed by atoms with Crippen LogP contribution in [-0.4, -0.2) is 19.0 Å². The van der Waals surface area contributed by atoms with E-state index < -0.39 is 0 Å². The molecule has 27 heavy (non-hydrogen) atoms. The van der Waals surface area contributed by atoms with Crippen LogP contribution in [0.5, 0.6) is 0 Å². The van der Waals surface area contributed by atoms with Gasteiger partial charge in [-0.2, -0.15) is 0 Å². The van der Waals surface area contributed by atoms with Crippen LogP contribution < -0.4 is 16.0 Å². The first-order valence-electron chi connectivity index (χ1n) is 9.11. The molecule has 3 rings (SSSR count). The molecule has 0 unspecified atom stereocenters. The number of hydrogen-bond acceptors (Lipinski definition) is 3. The van der Waals surface area contributed by atoms with Crippen LogP contribution in [0.1, 0.15) is 21.5 Å². The molecule has 4 nitrogen and oxygen atoms in total. The van der Waals surface area contributed by atoms with Crippen LogP contribution >= 0.6 is 0 Å². The zero-order valence-corrected chi connectivity index (χ0v) is 15.6. The average Bonchev–Trinajstić information content (AvgIpc) is 2.68. The van der Waals surface area contributed by atoms with E-state index in [9.17, 15) is 4.79 Å². The Bertz CT molecular complexity index is 893. The summed E-state index contributed by atoms with van der Waals surface area (Å²) in [7, 11) is 0. The van der Waals surface area contributed by atoms with E-state index in [2.05, 4.69) is 22.3 Å². The van der Waals surface area contributed by atoms with E-state index >= 15 is 0 Å². The van der Waals surface area contributed by atoms with Crippen LogP contribution in [0.3, 0.4) is 0 Å². The fourth-order valence-corrected chi connectivity index (χ4v) is 3.02. The van der Waals surface area contributed by atoms with Gasteiger partial charge in [0.15, 0.2) is 0 Å². The van der Waals surface area contributed by atoms with Gasteiger partial charge in [-0.15, -0.1) is 0 Å². The highest BCUT2D eigenvalue weighted by molar-refractivity contribution is 5.94. The Kier molecular flexibility index (Phi) is 6.10. The van der Waals surface area contributed by atoms with E-state index in [1.165, 1.54) is 5.56 Å². The van der Waals surface area contributed by atoms with Gasteiger partial charge in [0, 0.05) is 36.6 Å². The predicted molar refractivity (Wildman–Crippen MR) is 112 cm³/mol. The molecule has 0 saturated carbocycles.